The standard InChI is InChI=1S/C12H15ClN4/c1-16-5-4-9(7-16)6-12-15-14-11-3-2-10(13)8-17(11)12/h2-3,8-9H,4-7H2,1H3. The van der Waals surface area contributed by atoms with Crippen molar-refractivity contribution in [1.82, 2.24) is 19.5 Å². The predicted octanol–water partition coefficient (Wildman–Crippen LogP) is 1.88. The van der Waals surface area contributed by atoms with Gasteiger partial charge >= 0.3 is 0 Å². The lowest BCUT2D eigenvalue weighted by molar-refractivity contribution is 0.392. The molecule has 3 rings (SSSR count). The molecule has 1 fully saturated rings. The van der Waals surface area contributed by atoms with E-state index in [1.54, 1.807) is 0 Å². The molecule has 1 atom stereocenters. The quantitative estimate of drug-likeness (QED) is 0.816. The number of fused-ring (bicyclic) bond motifs is 1. The summed E-state index contributed by atoms with van der Waals surface area (Å²) < 4.78 is 2.00. The van der Waals surface area contributed by atoms with Crippen LogP contribution < -0.4 is 0 Å². The number of hydrogen-bond acceptors (Lipinski definition) is 3. The molecular formula is C12H15ClN4. The second kappa shape index (κ2) is 4.27. The van der Waals surface area contributed by atoms with E-state index in [-0.39, 0.29) is 0 Å². The van der Waals surface area contributed by atoms with E-state index in [1.165, 1.54) is 13.0 Å². The fourth-order valence-electron chi connectivity index (χ4n) is 2.50. The Hall–Kier alpha value is -1.13. The summed E-state index contributed by atoms with van der Waals surface area (Å²) in [5, 5.41) is 9.15. The van der Waals surface area contributed by atoms with E-state index >= 15 is 0 Å². The summed E-state index contributed by atoms with van der Waals surface area (Å²) in [5.41, 5.74) is 0.871. The van der Waals surface area contributed by atoms with Gasteiger partial charge in [-0.25, -0.2) is 0 Å². The van der Waals surface area contributed by atoms with E-state index in [1.807, 2.05) is 22.7 Å². The smallest absolute Gasteiger partial charge is 0.160 e. The summed E-state index contributed by atoms with van der Waals surface area (Å²) in [6.45, 7) is 2.33. The zero-order valence-electron chi connectivity index (χ0n) is 9.80. The van der Waals surface area contributed by atoms with Crippen LogP contribution >= 0.6 is 11.6 Å². The van der Waals surface area contributed by atoms with E-state index in [9.17, 15) is 0 Å². The molecule has 1 saturated heterocycles. The van der Waals surface area contributed by atoms with Gasteiger partial charge in [-0.05, 0) is 38.1 Å². The van der Waals surface area contributed by atoms with Gasteiger partial charge in [0.15, 0.2) is 5.65 Å². The van der Waals surface area contributed by atoms with E-state index < -0.39 is 0 Å². The first-order chi connectivity index (χ1) is 8.22. The third-order valence-electron chi connectivity index (χ3n) is 3.40. The van der Waals surface area contributed by atoms with Crippen molar-refractivity contribution in [3.8, 4) is 0 Å². The minimum Gasteiger partial charge on any atom is -0.306 e. The summed E-state index contributed by atoms with van der Waals surface area (Å²) in [4.78, 5) is 2.36. The topological polar surface area (TPSA) is 33.4 Å². The Balaban J connectivity index is 1.87. The number of likely N-dealkylation sites (tertiary alicyclic amines) is 1. The van der Waals surface area contributed by atoms with Crippen molar-refractivity contribution < 1.29 is 0 Å². The highest BCUT2D eigenvalue weighted by molar-refractivity contribution is 6.30. The summed E-state index contributed by atoms with van der Waals surface area (Å²) in [6, 6.07) is 3.75. The molecule has 3 heterocycles. The first-order valence-electron chi connectivity index (χ1n) is 5.90. The van der Waals surface area contributed by atoms with Gasteiger partial charge in [0, 0.05) is 19.2 Å². The summed E-state index contributed by atoms with van der Waals surface area (Å²) in [7, 11) is 2.17. The number of aromatic nitrogens is 3. The van der Waals surface area contributed by atoms with Crippen LogP contribution in [0.15, 0.2) is 18.3 Å². The average molecular weight is 251 g/mol. The molecule has 2 aromatic heterocycles. The highest BCUT2D eigenvalue weighted by Crippen LogP contribution is 2.20. The lowest BCUT2D eigenvalue weighted by Crippen LogP contribution is -2.15. The molecular weight excluding hydrogens is 236 g/mol. The van der Waals surface area contributed by atoms with Crippen molar-refractivity contribution >= 4 is 17.2 Å². The Labute approximate surface area is 105 Å². The molecule has 1 aliphatic rings. The number of hydrogen-bond donors (Lipinski definition) is 0. The van der Waals surface area contributed by atoms with Gasteiger partial charge in [-0.3, -0.25) is 4.40 Å². The lowest BCUT2D eigenvalue weighted by atomic mass is 10.0. The van der Waals surface area contributed by atoms with Crippen LogP contribution in [0.1, 0.15) is 12.2 Å². The van der Waals surface area contributed by atoms with Gasteiger partial charge in [-0.1, -0.05) is 11.6 Å². The summed E-state index contributed by atoms with van der Waals surface area (Å²) in [6.07, 6.45) is 4.11. The fraction of sp³-hybridized carbons (Fsp3) is 0.500. The normalized spacial score (nSPS) is 21.4. The maximum absolute atomic E-state index is 6.00. The van der Waals surface area contributed by atoms with Gasteiger partial charge in [0.25, 0.3) is 0 Å². The van der Waals surface area contributed by atoms with Crippen LogP contribution in [0.2, 0.25) is 5.02 Å². The van der Waals surface area contributed by atoms with Crippen LogP contribution in [0, 0.1) is 5.92 Å². The van der Waals surface area contributed by atoms with Gasteiger partial charge in [-0.2, -0.15) is 0 Å². The van der Waals surface area contributed by atoms with Gasteiger partial charge in [0.2, 0.25) is 0 Å². The molecule has 0 saturated carbocycles. The lowest BCUT2D eigenvalue weighted by Gasteiger charge is -2.08. The first-order valence-corrected chi connectivity index (χ1v) is 6.28. The monoisotopic (exact) mass is 250 g/mol. The van der Waals surface area contributed by atoms with Crippen molar-refractivity contribution in [3.05, 3.63) is 29.2 Å². The number of rotatable bonds is 2. The van der Waals surface area contributed by atoms with Gasteiger partial charge < -0.3 is 4.90 Å². The fourth-order valence-corrected chi connectivity index (χ4v) is 2.66. The number of pyridine rings is 1. The van der Waals surface area contributed by atoms with E-state index in [0.29, 0.717) is 5.92 Å². The molecule has 0 N–H and O–H groups in total. The Kier molecular flexibility index (Phi) is 2.76. The average Bonchev–Trinajstić information content (AvgIpc) is 2.87. The molecule has 0 amide bonds. The summed E-state index contributed by atoms with van der Waals surface area (Å²) in [5.74, 6) is 1.70. The second-order valence-corrected chi connectivity index (χ2v) is 5.25. The molecule has 1 aliphatic heterocycles. The molecule has 2 aromatic rings. The van der Waals surface area contributed by atoms with Crippen LogP contribution in [0.5, 0.6) is 0 Å². The highest BCUT2D eigenvalue weighted by Gasteiger charge is 2.21. The first kappa shape index (κ1) is 11.0. The second-order valence-electron chi connectivity index (χ2n) is 4.81. The molecule has 17 heavy (non-hydrogen) atoms. The molecule has 0 aromatic carbocycles. The zero-order chi connectivity index (χ0) is 11.8. The van der Waals surface area contributed by atoms with E-state index in [2.05, 4.69) is 22.1 Å². The molecule has 90 valence electrons. The Morgan fingerprint density at radius 2 is 2.29 bits per heavy atom. The molecule has 5 heteroatoms. The predicted molar refractivity (Wildman–Crippen MR) is 67.3 cm³/mol. The highest BCUT2D eigenvalue weighted by atomic mass is 35.5. The molecule has 4 nitrogen and oxygen atoms in total. The molecule has 0 spiro atoms. The van der Waals surface area contributed by atoms with E-state index in [4.69, 9.17) is 11.6 Å². The van der Waals surface area contributed by atoms with Crippen LogP contribution in [0.25, 0.3) is 5.65 Å². The third-order valence-corrected chi connectivity index (χ3v) is 3.62. The largest absolute Gasteiger partial charge is 0.306 e. The Bertz CT molecular complexity index is 536. The minimum absolute atomic E-state index is 0.686. The molecule has 1 unspecified atom stereocenters. The third kappa shape index (κ3) is 2.15. The van der Waals surface area contributed by atoms with Gasteiger partial charge in [0.05, 0.1) is 5.02 Å². The maximum Gasteiger partial charge on any atom is 0.160 e. The minimum atomic E-state index is 0.686. The Morgan fingerprint density at radius 3 is 3.06 bits per heavy atom. The van der Waals surface area contributed by atoms with Crippen molar-refractivity contribution in [2.75, 3.05) is 20.1 Å². The van der Waals surface area contributed by atoms with E-state index in [0.717, 1.165) is 29.5 Å². The van der Waals surface area contributed by atoms with Crippen molar-refractivity contribution in [2.24, 2.45) is 5.92 Å². The van der Waals surface area contributed by atoms with Crippen molar-refractivity contribution in [1.29, 1.82) is 0 Å². The van der Waals surface area contributed by atoms with Crippen LogP contribution in [-0.2, 0) is 6.42 Å². The van der Waals surface area contributed by atoms with Crippen LogP contribution in [-0.4, -0.2) is 39.6 Å². The molecule has 0 radical (unpaired) electrons. The van der Waals surface area contributed by atoms with Crippen molar-refractivity contribution in [3.63, 3.8) is 0 Å². The van der Waals surface area contributed by atoms with Crippen LogP contribution in [0.3, 0.4) is 0 Å². The van der Waals surface area contributed by atoms with Crippen LogP contribution in [0.4, 0.5) is 0 Å². The SMILES string of the molecule is CN1CCC(Cc2nnc3ccc(Cl)cn23)C1. The molecule has 0 bridgehead atoms. The zero-order valence-corrected chi connectivity index (χ0v) is 10.6. The molecule has 0 aliphatic carbocycles. The van der Waals surface area contributed by atoms with Crippen molar-refractivity contribution in [2.45, 2.75) is 12.8 Å². The van der Waals surface area contributed by atoms with Gasteiger partial charge in [0.1, 0.15) is 5.82 Å². The van der Waals surface area contributed by atoms with Gasteiger partial charge in [-0.15, -0.1) is 10.2 Å². The number of nitrogens with zero attached hydrogens (tertiary/aromatic N) is 4. The maximum atomic E-state index is 6.00. The summed E-state index contributed by atoms with van der Waals surface area (Å²) >= 11 is 6.00. The number of halogens is 1. The Morgan fingerprint density at radius 1 is 1.41 bits per heavy atom.